The molecule has 1 aromatic rings. The minimum Gasteiger partial charge on any atom is -0.354 e. The van der Waals surface area contributed by atoms with E-state index in [1.165, 1.54) is 23.1 Å². The van der Waals surface area contributed by atoms with Crippen LogP contribution in [0, 0.1) is 13.8 Å². The van der Waals surface area contributed by atoms with Crippen LogP contribution >= 0.6 is 0 Å². The molecule has 1 atom stereocenters. The van der Waals surface area contributed by atoms with Crippen molar-refractivity contribution in [2.75, 3.05) is 13.1 Å². The SMILES string of the molecule is Cc1ccc(CCNC(=O)C2CCCCN2)c(C)c1. The molecular formula is C16H24N2O. The van der Waals surface area contributed by atoms with Crippen LogP contribution in [0.1, 0.15) is 36.0 Å². The Morgan fingerprint density at radius 2 is 2.21 bits per heavy atom. The van der Waals surface area contributed by atoms with E-state index in [4.69, 9.17) is 0 Å². The summed E-state index contributed by atoms with van der Waals surface area (Å²) in [7, 11) is 0. The van der Waals surface area contributed by atoms with E-state index < -0.39 is 0 Å². The predicted octanol–water partition coefficient (Wildman–Crippen LogP) is 2.10. The Balaban J connectivity index is 1.78. The number of hydrogen-bond acceptors (Lipinski definition) is 2. The Kier molecular flexibility index (Phi) is 4.97. The lowest BCUT2D eigenvalue weighted by Crippen LogP contribution is -2.47. The van der Waals surface area contributed by atoms with Crippen molar-refractivity contribution in [3.63, 3.8) is 0 Å². The number of carbonyl (C=O) groups is 1. The normalized spacial score (nSPS) is 19.2. The molecule has 1 saturated heterocycles. The van der Waals surface area contributed by atoms with Gasteiger partial charge in [0, 0.05) is 6.54 Å². The molecule has 0 saturated carbocycles. The minimum absolute atomic E-state index is 0.0212. The third-order valence-corrected chi connectivity index (χ3v) is 3.82. The van der Waals surface area contributed by atoms with Gasteiger partial charge >= 0.3 is 0 Å². The van der Waals surface area contributed by atoms with E-state index in [1.807, 2.05) is 0 Å². The number of carbonyl (C=O) groups excluding carboxylic acids is 1. The Morgan fingerprint density at radius 1 is 1.37 bits per heavy atom. The lowest BCUT2D eigenvalue weighted by molar-refractivity contribution is -0.123. The van der Waals surface area contributed by atoms with Gasteiger partial charge in [-0.15, -0.1) is 0 Å². The van der Waals surface area contributed by atoms with Crippen molar-refractivity contribution in [2.45, 2.75) is 45.6 Å². The number of amides is 1. The second-order valence-electron chi connectivity index (χ2n) is 5.47. The van der Waals surface area contributed by atoms with Crippen LogP contribution in [0.5, 0.6) is 0 Å². The first kappa shape index (κ1) is 14.1. The van der Waals surface area contributed by atoms with Gasteiger partial charge in [0.25, 0.3) is 0 Å². The zero-order valence-electron chi connectivity index (χ0n) is 12.0. The largest absolute Gasteiger partial charge is 0.354 e. The van der Waals surface area contributed by atoms with Gasteiger partial charge in [-0.05, 0) is 50.8 Å². The average Bonchev–Trinajstić information content (AvgIpc) is 2.42. The molecule has 2 rings (SSSR count). The van der Waals surface area contributed by atoms with Crippen molar-refractivity contribution in [3.8, 4) is 0 Å². The third-order valence-electron chi connectivity index (χ3n) is 3.82. The first-order valence-electron chi connectivity index (χ1n) is 7.24. The molecule has 1 aliphatic heterocycles. The van der Waals surface area contributed by atoms with Gasteiger partial charge in [-0.1, -0.05) is 30.2 Å². The highest BCUT2D eigenvalue weighted by Crippen LogP contribution is 2.11. The lowest BCUT2D eigenvalue weighted by atomic mass is 10.0. The Hall–Kier alpha value is -1.35. The third kappa shape index (κ3) is 4.06. The highest BCUT2D eigenvalue weighted by atomic mass is 16.2. The van der Waals surface area contributed by atoms with Gasteiger partial charge in [0.05, 0.1) is 6.04 Å². The summed E-state index contributed by atoms with van der Waals surface area (Å²) in [5, 5.41) is 6.32. The fourth-order valence-corrected chi connectivity index (χ4v) is 2.65. The zero-order valence-corrected chi connectivity index (χ0v) is 12.0. The van der Waals surface area contributed by atoms with Crippen LogP contribution in [0.4, 0.5) is 0 Å². The quantitative estimate of drug-likeness (QED) is 0.870. The van der Waals surface area contributed by atoms with Crippen molar-refractivity contribution in [1.82, 2.24) is 10.6 Å². The maximum absolute atomic E-state index is 12.0. The van der Waals surface area contributed by atoms with Crippen LogP contribution in [-0.4, -0.2) is 25.0 Å². The summed E-state index contributed by atoms with van der Waals surface area (Å²) in [4.78, 5) is 12.0. The van der Waals surface area contributed by atoms with Gasteiger partial charge in [-0.2, -0.15) is 0 Å². The van der Waals surface area contributed by atoms with Crippen molar-refractivity contribution >= 4 is 5.91 Å². The number of rotatable bonds is 4. The van der Waals surface area contributed by atoms with Crippen LogP contribution < -0.4 is 10.6 Å². The van der Waals surface area contributed by atoms with E-state index >= 15 is 0 Å². The highest BCUT2D eigenvalue weighted by molar-refractivity contribution is 5.81. The molecule has 1 aliphatic rings. The topological polar surface area (TPSA) is 41.1 Å². The monoisotopic (exact) mass is 260 g/mol. The van der Waals surface area contributed by atoms with Gasteiger partial charge in [0.2, 0.25) is 5.91 Å². The Labute approximate surface area is 115 Å². The van der Waals surface area contributed by atoms with E-state index in [0.29, 0.717) is 0 Å². The first-order chi connectivity index (χ1) is 9.16. The smallest absolute Gasteiger partial charge is 0.237 e. The van der Waals surface area contributed by atoms with Crippen LogP contribution in [0.15, 0.2) is 18.2 Å². The molecule has 0 aliphatic carbocycles. The predicted molar refractivity (Wildman–Crippen MR) is 78.3 cm³/mol. The summed E-state index contributed by atoms with van der Waals surface area (Å²) in [6, 6.07) is 6.51. The van der Waals surface area contributed by atoms with Crippen molar-refractivity contribution < 1.29 is 4.79 Å². The molecule has 0 aromatic heterocycles. The van der Waals surface area contributed by atoms with Gasteiger partial charge in [0.15, 0.2) is 0 Å². The summed E-state index contributed by atoms with van der Waals surface area (Å²) < 4.78 is 0. The lowest BCUT2D eigenvalue weighted by Gasteiger charge is -2.22. The molecule has 3 heteroatoms. The highest BCUT2D eigenvalue weighted by Gasteiger charge is 2.19. The van der Waals surface area contributed by atoms with Crippen LogP contribution in [-0.2, 0) is 11.2 Å². The maximum Gasteiger partial charge on any atom is 0.237 e. The van der Waals surface area contributed by atoms with E-state index in [2.05, 4.69) is 42.7 Å². The summed E-state index contributed by atoms with van der Waals surface area (Å²) >= 11 is 0. The number of piperidine rings is 1. The molecule has 19 heavy (non-hydrogen) atoms. The summed E-state index contributed by atoms with van der Waals surface area (Å²) in [5.74, 6) is 0.157. The van der Waals surface area contributed by atoms with Crippen molar-refractivity contribution in [2.24, 2.45) is 0 Å². The summed E-state index contributed by atoms with van der Waals surface area (Å²) in [6.45, 7) is 5.93. The molecule has 1 heterocycles. The molecule has 1 amide bonds. The minimum atomic E-state index is 0.0212. The molecular weight excluding hydrogens is 236 g/mol. The molecule has 3 nitrogen and oxygen atoms in total. The van der Waals surface area contributed by atoms with Crippen molar-refractivity contribution in [1.29, 1.82) is 0 Å². The van der Waals surface area contributed by atoms with Gasteiger partial charge in [-0.3, -0.25) is 4.79 Å². The van der Waals surface area contributed by atoms with Crippen LogP contribution in [0.25, 0.3) is 0 Å². The molecule has 104 valence electrons. The van der Waals surface area contributed by atoms with Gasteiger partial charge in [-0.25, -0.2) is 0 Å². The zero-order chi connectivity index (χ0) is 13.7. The second kappa shape index (κ2) is 6.71. The fraction of sp³-hybridized carbons (Fsp3) is 0.562. The molecule has 2 N–H and O–H groups in total. The Bertz CT molecular complexity index is 436. The number of nitrogens with one attached hydrogen (secondary N) is 2. The average molecular weight is 260 g/mol. The summed E-state index contributed by atoms with van der Waals surface area (Å²) in [5.41, 5.74) is 3.92. The van der Waals surface area contributed by atoms with Crippen LogP contribution in [0.3, 0.4) is 0 Å². The van der Waals surface area contributed by atoms with E-state index in [1.54, 1.807) is 0 Å². The van der Waals surface area contributed by atoms with Crippen LogP contribution in [0.2, 0.25) is 0 Å². The summed E-state index contributed by atoms with van der Waals surface area (Å²) in [6.07, 6.45) is 4.22. The van der Waals surface area contributed by atoms with E-state index in [-0.39, 0.29) is 11.9 Å². The molecule has 0 bridgehead atoms. The molecule has 1 aromatic carbocycles. The molecule has 1 unspecified atom stereocenters. The maximum atomic E-state index is 12.0. The molecule has 0 spiro atoms. The Morgan fingerprint density at radius 3 is 2.89 bits per heavy atom. The second-order valence-corrected chi connectivity index (χ2v) is 5.47. The molecule has 1 fully saturated rings. The van der Waals surface area contributed by atoms with Gasteiger partial charge < -0.3 is 10.6 Å². The number of hydrogen-bond donors (Lipinski definition) is 2. The first-order valence-corrected chi connectivity index (χ1v) is 7.24. The molecule has 0 radical (unpaired) electrons. The van der Waals surface area contributed by atoms with E-state index in [0.717, 1.165) is 32.4 Å². The van der Waals surface area contributed by atoms with Gasteiger partial charge in [0.1, 0.15) is 0 Å². The van der Waals surface area contributed by atoms with Crippen molar-refractivity contribution in [3.05, 3.63) is 34.9 Å². The number of benzene rings is 1. The standard InChI is InChI=1S/C16H24N2O/c1-12-6-7-14(13(2)11-12)8-10-18-16(19)15-5-3-4-9-17-15/h6-7,11,15,17H,3-5,8-10H2,1-2H3,(H,18,19). The fourth-order valence-electron chi connectivity index (χ4n) is 2.65. The number of aryl methyl sites for hydroxylation is 2. The van der Waals surface area contributed by atoms with E-state index in [9.17, 15) is 4.79 Å².